The molecule has 0 amide bonds. The SMILES string of the molecule is Clc1cnc(C=C2CCCCC2)cn1. The quantitative estimate of drug-likeness (QED) is 0.706. The molecule has 0 unspecified atom stereocenters. The minimum atomic E-state index is 0.454. The summed E-state index contributed by atoms with van der Waals surface area (Å²) in [5.41, 5.74) is 2.42. The Kier molecular flexibility index (Phi) is 3.14. The number of rotatable bonds is 1. The van der Waals surface area contributed by atoms with Crippen molar-refractivity contribution in [2.75, 3.05) is 0 Å². The zero-order chi connectivity index (χ0) is 9.80. The molecule has 0 radical (unpaired) electrons. The van der Waals surface area contributed by atoms with Gasteiger partial charge in [0.1, 0.15) is 5.15 Å². The van der Waals surface area contributed by atoms with Gasteiger partial charge in [-0.15, -0.1) is 0 Å². The van der Waals surface area contributed by atoms with Gasteiger partial charge in [-0.1, -0.05) is 23.6 Å². The third-order valence-corrected chi connectivity index (χ3v) is 2.68. The molecule has 1 aromatic heterocycles. The summed E-state index contributed by atoms with van der Waals surface area (Å²) < 4.78 is 0. The molecule has 1 saturated carbocycles. The van der Waals surface area contributed by atoms with Crippen LogP contribution >= 0.6 is 11.6 Å². The van der Waals surface area contributed by atoms with E-state index in [1.807, 2.05) is 0 Å². The van der Waals surface area contributed by atoms with E-state index in [9.17, 15) is 0 Å². The van der Waals surface area contributed by atoms with Crippen LogP contribution in [0.25, 0.3) is 6.08 Å². The molecule has 74 valence electrons. The zero-order valence-corrected chi connectivity index (χ0v) is 8.80. The number of halogens is 1. The molecule has 0 bridgehead atoms. The predicted octanol–water partition coefficient (Wildman–Crippen LogP) is 3.48. The van der Waals surface area contributed by atoms with Gasteiger partial charge in [-0.05, 0) is 31.8 Å². The van der Waals surface area contributed by atoms with Crippen LogP contribution in [-0.2, 0) is 0 Å². The van der Waals surface area contributed by atoms with Crippen LogP contribution in [0.5, 0.6) is 0 Å². The molecule has 0 aliphatic heterocycles. The minimum absolute atomic E-state index is 0.454. The van der Waals surface area contributed by atoms with E-state index in [1.54, 1.807) is 12.4 Å². The summed E-state index contributed by atoms with van der Waals surface area (Å²) >= 11 is 5.66. The van der Waals surface area contributed by atoms with Gasteiger partial charge in [0.15, 0.2) is 0 Å². The van der Waals surface area contributed by atoms with E-state index in [0.29, 0.717) is 5.15 Å². The Hall–Kier alpha value is -0.890. The van der Waals surface area contributed by atoms with Gasteiger partial charge < -0.3 is 0 Å². The average Bonchev–Trinajstić information content (AvgIpc) is 2.23. The van der Waals surface area contributed by atoms with E-state index in [0.717, 1.165) is 5.69 Å². The lowest BCUT2D eigenvalue weighted by atomic mass is 9.94. The monoisotopic (exact) mass is 208 g/mol. The number of aromatic nitrogens is 2. The normalized spacial score (nSPS) is 16.8. The van der Waals surface area contributed by atoms with Crippen molar-refractivity contribution in [3.8, 4) is 0 Å². The maximum atomic E-state index is 5.66. The van der Waals surface area contributed by atoms with Gasteiger partial charge in [0.25, 0.3) is 0 Å². The Balaban J connectivity index is 2.11. The summed E-state index contributed by atoms with van der Waals surface area (Å²) in [4.78, 5) is 8.20. The van der Waals surface area contributed by atoms with Crippen LogP contribution in [0.1, 0.15) is 37.8 Å². The molecule has 0 saturated heterocycles. The molecule has 3 heteroatoms. The van der Waals surface area contributed by atoms with Crippen molar-refractivity contribution < 1.29 is 0 Å². The number of hydrogen-bond donors (Lipinski definition) is 0. The summed E-state index contributed by atoms with van der Waals surface area (Å²) in [6.45, 7) is 0. The Morgan fingerprint density at radius 2 is 1.86 bits per heavy atom. The van der Waals surface area contributed by atoms with Crippen LogP contribution in [-0.4, -0.2) is 9.97 Å². The second-order valence-corrected chi connectivity index (χ2v) is 4.01. The Bertz CT molecular complexity index is 322. The smallest absolute Gasteiger partial charge is 0.147 e. The Labute approximate surface area is 89.0 Å². The van der Waals surface area contributed by atoms with Crippen molar-refractivity contribution in [3.63, 3.8) is 0 Å². The average molecular weight is 209 g/mol. The Morgan fingerprint density at radius 3 is 2.50 bits per heavy atom. The molecule has 0 N–H and O–H groups in total. The van der Waals surface area contributed by atoms with Gasteiger partial charge in [0, 0.05) is 0 Å². The van der Waals surface area contributed by atoms with E-state index in [2.05, 4.69) is 16.0 Å². The largest absolute Gasteiger partial charge is 0.252 e. The first-order valence-corrected chi connectivity index (χ1v) is 5.39. The lowest BCUT2D eigenvalue weighted by Crippen LogP contribution is -1.94. The lowest BCUT2D eigenvalue weighted by molar-refractivity contribution is 0.602. The second kappa shape index (κ2) is 4.56. The van der Waals surface area contributed by atoms with Gasteiger partial charge in [0.05, 0.1) is 18.1 Å². The van der Waals surface area contributed by atoms with Gasteiger partial charge in [-0.2, -0.15) is 0 Å². The highest BCUT2D eigenvalue weighted by molar-refractivity contribution is 6.29. The molecule has 0 aromatic carbocycles. The molecule has 1 aliphatic rings. The summed E-state index contributed by atoms with van der Waals surface area (Å²) in [5, 5.41) is 0.454. The van der Waals surface area contributed by atoms with Crippen LogP contribution < -0.4 is 0 Å². The van der Waals surface area contributed by atoms with Crippen LogP contribution in [0.15, 0.2) is 18.0 Å². The van der Waals surface area contributed by atoms with Crippen LogP contribution in [0.3, 0.4) is 0 Å². The highest BCUT2D eigenvalue weighted by atomic mass is 35.5. The van der Waals surface area contributed by atoms with Crippen LogP contribution in [0, 0.1) is 0 Å². The standard InChI is InChI=1S/C11H13ClN2/c12-11-8-13-10(7-14-11)6-9-4-2-1-3-5-9/h6-8H,1-5H2. The first-order valence-electron chi connectivity index (χ1n) is 5.01. The molecule has 2 nitrogen and oxygen atoms in total. The van der Waals surface area contributed by atoms with Gasteiger partial charge in [-0.25, -0.2) is 4.98 Å². The summed E-state index contributed by atoms with van der Waals surface area (Å²) in [5.74, 6) is 0. The summed E-state index contributed by atoms with van der Waals surface area (Å²) in [6, 6.07) is 0. The lowest BCUT2D eigenvalue weighted by Gasteiger charge is -2.12. The maximum Gasteiger partial charge on any atom is 0.147 e. The summed E-state index contributed by atoms with van der Waals surface area (Å²) in [7, 11) is 0. The number of hydrogen-bond acceptors (Lipinski definition) is 2. The molecule has 0 spiro atoms. The van der Waals surface area contributed by atoms with E-state index in [4.69, 9.17) is 11.6 Å². The minimum Gasteiger partial charge on any atom is -0.252 e. The molecule has 1 aromatic rings. The molecular weight excluding hydrogens is 196 g/mol. The number of allylic oxidation sites excluding steroid dienone is 1. The molecular formula is C11H13ClN2. The van der Waals surface area contributed by atoms with E-state index in [1.165, 1.54) is 37.7 Å². The molecule has 1 aliphatic carbocycles. The predicted molar refractivity (Wildman–Crippen MR) is 58.1 cm³/mol. The second-order valence-electron chi connectivity index (χ2n) is 3.63. The first kappa shape index (κ1) is 9.66. The van der Waals surface area contributed by atoms with Gasteiger partial charge in [0.2, 0.25) is 0 Å². The van der Waals surface area contributed by atoms with Crippen molar-refractivity contribution in [2.24, 2.45) is 0 Å². The van der Waals surface area contributed by atoms with Crippen LogP contribution in [0.2, 0.25) is 5.15 Å². The molecule has 2 rings (SSSR count). The van der Waals surface area contributed by atoms with E-state index < -0.39 is 0 Å². The van der Waals surface area contributed by atoms with Crippen molar-refractivity contribution in [1.82, 2.24) is 9.97 Å². The fourth-order valence-electron chi connectivity index (χ4n) is 1.76. The van der Waals surface area contributed by atoms with Crippen molar-refractivity contribution in [1.29, 1.82) is 0 Å². The third kappa shape index (κ3) is 2.55. The fourth-order valence-corrected chi connectivity index (χ4v) is 1.85. The molecule has 1 fully saturated rings. The van der Waals surface area contributed by atoms with E-state index >= 15 is 0 Å². The Morgan fingerprint density at radius 1 is 1.07 bits per heavy atom. The molecule has 0 atom stereocenters. The van der Waals surface area contributed by atoms with Crippen molar-refractivity contribution >= 4 is 17.7 Å². The molecule has 14 heavy (non-hydrogen) atoms. The highest BCUT2D eigenvalue weighted by Crippen LogP contribution is 2.24. The topological polar surface area (TPSA) is 25.8 Å². The zero-order valence-electron chi connectivity index (χ0n) is 8.04. The summed E-state index contributed by atoms with van der Waals surface area (Å²) in [6.07, 6.45) is 11.9. The van der Waals surface area contributed by atoms with E-state index in [-0.39, 0.29) is 0 Å². The highest BCUT2D eigenvalue weighted by Gasteiger charge is 2.05. The molecule has 1 heterocycles. The maximum absolute atomic E-state index is 5.66. The van der Waals surface area contributed by atoms with Crippen molar-refractivity contribution in [2.45, 2.75) is 32.1 Å². The first-order chi connectivity index (χ1) is 6.84. The number of nitrogens with zero attached hydrogens (tertiary/aromatic N) is 2. The fraction of sp³-hybridized carbons (Fsp3) is 0.455. The van der Waals surface area contributed by atoms with Gasteiger partial charge >= 0.3 is 0 Å². The van der Waals surface area contributed by atoms with Gasteiger partial charge in [-0.3, -0.25) is 4.98 Å². The van der Waals surface area contributed by atoms with Crippen molar-refractivity contribution in [3.05, 3.63) is 28.8 Å². The third-order valence-electron chi connectivity index (χ3n) is 2.49. The van der Waals surface area contributed by atoms with Crippen LogP contribution in [0.4, 0.5) is 0 Å².